The van der Waals surface area contributed by atoms with Crippen molar-refractivity contribution >= 4 is 22.9 Å². The first-order valence-corrected chi connectivity index (χ1v) is 6.74. The van der Waals surface area contributed by atoms with Gasteiger partial charge < -0.3 is 4.74 Å². The Morgan fingerprint density at radius 1 is 1.48 bits per heavy atom. The van der Waals surface area contributed by atoms with Gasteiger partial charge in [0.25, 0.3) is 5.19 Å². The second kappa shape index (κ2) is 5.54. The van der Waals surface area contributed by atoms with Crippen LogP contribution in [0.3, 0.4) is 0 Å². The molecule has 10 nitrogen and oxygen atoms in total. The van der Waals surface area contributed by atoms with E-state index in [1.54, 1.807) is 0 Å². The highest BCUT2D eigenvalue weighted by molar-refractivity contribution is 7.11. The Morgan fingerprint density at radius 2 is 2.33 bits per heavy atom. The first kappa shape index (κ1) is 12.3. The van der Waals surface area contributed by atoms with E-state index in [2.05, 4.69) is 30.8 Å². The fraction of sp³-hybridized carbons (Fsp3) is 0.222. The number of aromatic nitrogens is 8. The molecular formula is C9H7ClN8O2S. The number of tetrazole rings is 1. The predicted octanol–water partition coefficient (Wildman–Crippen LogP) is -0.160. The van der Waals surface area contributed by atoms with Crippen molar-refractivity contribution in [1.29, 1.82) is 0 Å². The molecule has 0 atom stereocenters. The third kappa shape index (κ3) is 2.60. The van der Waals surface area contributed by atoms with Gasteiger partial charge in [0, 0.05) is 18.6 Å². The molecule has 21 heavy (non-hydrogen) atoms. The van der Waals surface area contributed by atoms with Gasteiger partial charge in [-0.2, -0.15) is 4.68 Å². The van der Waals surface area contributed by atoms with Gasteiger partial charge in [-0.1, -0.05) is 22.9 Å². The maximum Gasteiger partial charge on any atom is 0.369 e. The molecule has 0 aromatic carbocycles. The maximum absolute atomic E-state index is 11.9. The summed E-state index contributed by atoms with van der Waals surface area (Å²) in [5, 5.41) is 20.0. The maximum atomic E-state index is 11.9. The lowest BCUT2D eigenvalue weighted by Crippen LogP contribution is -2.24. The Morgan fingerprint density at radius 3 is 3.00 bits per heavy atom. The van der Waals surface area contributed by atoms with Gasteiger partial charge in [0.2, 0.25) is 0 Å². The summed E-state index contributed by atoms with van der Waals surface area (Å²) in [6, 6.07) is 0. The summed E-state index contributed by atoms with van der Waals surface area (Å²) < 4.78 is 14.7. The van der Waals surface area contributed by atoms with Gasteiger partial charge in [-0.3, -0.25) is 0 Å². The van der Waals surface area contributed by atoms with Crippen molar-refractivity contribution in [3.05, 3.63) is 32.8 Å². The predicted molar refractivity (Wildman–Crippen MR) is 71.4 cm³/mol. The van der Waals surface area contributed by atoms with Crippen LogP contribution in [0.4, 0.5) is 0 Å². The average molecular weight is 329 g/mol. The molecular weight excluding hydrogens is 320 g/mol. The fourth-order valence-corrected chi connectivity index (χ4v) is 2.05. The standard InChI is InChI=1S/C9H7ClN8O2S/c1-17-9(19)18(16-15-17)7-5(6(10)12-14-13-7)4-20-8-11-2-3-21-8/h2-3H,4H2,1H3/i2T. The van der Waals surface area contributed by atoms with Crippen LogP contribution in [0.5, 0.6) is 5.19 Å². The molecule has 0 amide bonds. The highest BCUT2D eigenvalue weighted by atomic mass is 35.5. The first-order valence-electron chi connectivity index (χ1n) is 5.98. The third-order valence-corrected chi connectivity index (χ3v) is 3.36. The molecule has 0 fully saturated rings. The molecule has 0 bridgehead atoms. The van der Waals surface area contributed by atoms with E-state index >= 15 is 0 Å². The molecule has 108 valence electrons. The minimum atomic E-state index is -0.513. The molecule has 0 saturated carbocycles. The molecule has 0 aliphatic carbocycles. The Balaban J connectivity index is 1.96. The van der Waals surface area contributed by atoms with Crippen molar-refractivity contribution in [3.8, 4) is 11.0 Å². The van der Waals surface area contributed by atoms with Gasteiger partial charge >= 0.3 is 5.69 Å². The number of ether oxygens (including phenoxy) is 1. The molecule has 0 saturated heterocycles. The summed E-state index contributed by atoms with van der Waals surface area (Å²) in [4.78, 5) is 15.7. The van der Waals surface area contributed by atoms with E-state index in [1.165, 1.54) is 12.4 Å². The number of aryl methyl sites for hydroxylation is 1. The molecule has 3 aromatic rings. The van der Waals surface area contributed by atoms with Crippen molar-refractivity contribution in [3.63, 3.8) is 0 Å². The summed E-state index contributed by atoms with van der Waals surface area (Å²) in [5.41, 5.74) is -0.207. The molecule has 0 radical (unpaired) electrons. The number of thiazole rings is 1. The molecule has 12 heteroatoms. The van der Waals surface area contributed by atoms with Crippen LogP contribution < -0.4 is 10.4 Å². The fourth-order valence-electron chi connectivity index (χ4n) is 1.44. The lowest BCUT2D eigenvalue weighted by molar-refractivity contribution is 0.302. The Bertz CT molecular complexity index is 877. The van der Waals surface area contributed by atoms with E-state index < -0.39 is 5.69 Å². The lowest BCUT2D eigenvalue weighted by atomic mass is 10.3. The van der Waals surface area contributed by atoms with Crippen LogP contribution in [-0.2, 0) is 13.7 Å². The molecule has 0 N–H and O–H groups in total. The largest absolute Gasteiger partial charge is 0.465 e. The van der Waals surface area contributed by atoms with Crippen molar-refractivity contribution in [2.45, 2.75) is 6.61 Å². The summed E-state index contributed by atoms with van der Waals surface area (Å²) in [6.45, 7) is -0.0628. The quantitative estimate of drug-likeness (QED) is 0.649. The van der Waals surface area contributed by atoms with Gasteiger partial charge in [-0.05, 0) is 15.6 Å². The van der Waals surface area contributed by atoms with E-state index in [4.69, 9.17) is 17.7 Å². The first-order chi connectivity index (χ1) is 10.6. The normalized spacial score (nSPS) is 11.4. The van der Waals surface area contributed by atoms with Gasteiger partial charge in [-0.15, -0.1) is 14.9 Å². The Labute approximate surface area is 127 Å². The van der Waals surface area contributed by atoms with E-state index in [0.717, 1.165) is 20.7 Å². The van der Waals surface area contributed by atoms with Crippen LogP contribution in [0.25, 0.3) is 5.82 Å². The average Bonchev–Trinajstić information content (AvgIpc) is 3.05. The molecule has 3 heterocycles. The zero-order chi connectivity index (χ0) is 15.7. The minimum absolute atomic E-state index is 0.0187. The highest BCUT2D eigenvalue weighted by Crippen LogP contribution is 2.21. The third-order valence-electron chi connectivity index (χ3n) is 2.42. The van der Waals surface area contributed by atoms with Crippen molar-refractivity contribution < 1.29 is 6.11 Å². The van der Waals surface area contributed by atoms with Crippen molar-refractivity contribution in [2.75, 3.05) is 0 Å². The van der Waals surface area contributed by atoms with Crippen LogP contribution in [-0.4, -0.2) is 40.2 Å². The summed E-state index contributed by atoms with van der Waals surface area (Å²) >= 11 is 7.15. The minimum Gasteiger partial charge on any atom is -0.465 e. The number of hydrogen-bond acceptors (Lipinski definition) is 9. The van der Waals surface area contributed by atoms with Crippen molar-refractivity contribution in [1.82, 2.24) is 40.2 Å². The van der Waals surface area contributed by atoms with Crippen LogP contribution in [0, 0.1) is 0 Å². The topological polar surface area (TPSA) is 113 Å². The summed E-state index contributed by atoms with van der Waals surface area (Å²) in [6.07, 6.45) is 0.0995. The van der Waals surface area contributed by atoms with Crippen LogP contribution >= 0.6 is 22.9 Å². The van der Waals surface area contributed by atoms with Gasteiger partial charge in [0.05, 0.1) is 6.93 Å². The van der Waals surface area contributed by atoms with Gasteiger partial charge in [-0.25, -0.2) is 9.78 Å². The number of hydrogen-bond donors (Lipinski definition) is 0. The van der Waals surface area contributed by atoms with Crippen LogP contribution in [0.2, 0.25) is 5.15 Å². The van der Waals surface area contributed by atoms with Crippen LogP contribution in [0.15, 0.2) is 16.3 Å². The van der Waals surface area contributed by atoms with Gasteiger partial charge in [0.15, 0.2) is 11.0 Å². The molecule has 0 unspecified atom stereocenters. The van der Waals surface area contributed by atoms with E-state index in [1.807, 2.05) is 0 Å². The summed E-state index contributed by atoms with van der Waals surface area (Å²) in [5.74, 6) is 0.0701. The van der Waals surface area contributed by atoms with Gasteiger partial charge in [0.1, 0.15) is 6.61 Å². The van der Waals surface area contributed by atoms with Crippen LogP contribution in [0.1, 0.15) is 6.93 Å². The number of halogens is 1. The Kier molecular flexibility index (Phi) is 3.26. The number of nitrogens with zero attached hydrogens (tertiary/aromatic N) is 8. The van der Waals surface area contributed by atoms with Crippen molar-refractivity contribution in [2.24, 2.45) is 7.05 Å². The van der Waals surface area contributed by atoms with E-state index in [0.29, 0.717) is 5.56 Å². The zero-order valence-electron chi connectivity index (χ0n) is 11.5. The molecule has 0 aliphatic rings. The molecule has 0 aliphatic heterocycles. The SMILES string of the molecule is [3H]c1csc(OCc2c(Cl)nnnc2-n2nnn(C)c2=O)n1. The second-order valence-electron chi connectivity index (χ2n) is 3.71. The number of rotatable bonds is 4. The molecule has 3 rings (SSSR count). The second-order valence-corrected chi connectivity index (χ2v) is 4.89. The smallest absolute Gasteiger partial charge is 0.369 e. The zero-order valence-corrected chi connectivity index (χ0v) is 12.0. The highest BCUT2D eigenvalue weighted by Gasteiger charge is 2.18. The summed E-state index contributed by atoms with van der Waals surface area (Å²) in [7, 11) is 1.45. The Hall–Kier alpha value is -2.40. The van der Waals surface area contributed by atoms with E-state index in [-0.39, 0.29) is 28.9 Å². The monoisotopic (exact) mass is 328 g/mol. The van der Waals surface area contributed by atoms with E-state index in [9.17, 15) is 4.79 Å². The molecule has 3 aromatic heterocycles. The lowest BCUT2D eigenvalue weighted by Gasteiger charge is -2.07. The molecule has 0 spiro atoms.